The lowest BCUT2D eigenvalue weighted by Crippen LogP contribution is -2.35. The number of ether oxygens (including phenoxy) is 1. The van der Waals surface area contributed by atoms with Crippen LogP contribution in [0, 0.1) is 0 Å². The Morgan fingerprint density at radius 2 is 1.72 bits per heavy atom. The third-order valence-electron chi connectivity index (χ3n) is 3.23. The Balaban J connectivity index is 1.77. The van der Waals surface area contributed by atoms with Crippen molar-refractivity contribution in [3.63, 3.8) is 0 Å². The van der Waals surface area contributed by atoms with Crippen LogP contribution < -0.4 is 10.1 Å². The summed E-state index contributed by atoms with van der Waals surface area (Å²) in [6.45, 7) is -0.242. The number of alkyl halides is 3. The van der Waals surface area contributed by atoms with Crippen LogP contribution in [0.1, 0.15) is 15.9 Å². The molecule has 25 heavy (non-hydrogen) atoms. The van der Waals surface area contributed by atoms with Gasteiger partial charge in [0.15, 0.2) is 0 Å². The first-order valence-corrected chi connectivity index (χ1v) is 7.65. The van der Waals surface area contributed by atoms with E-state index in [0.717, 1.165) is 12.1 Å². The fourth-order valence-electron chi connectivity index (χ4n) is 1.91. The summed E-state index contributed by atoms with van der Waals surface area (Å²) in [5.74, 6) is -0.193. The molecule has 2 N–H and O–H groups in total. The first kappa shape index (κ1) is 19.1. The molecular formula is C17H15ClF3NO3. The molecule has 2 rings (SSSR count). The van der Waals surface area contributed by atoms with Gasteiger partial charge >= 0.3 is 6.18 Å². The highest BCUT2D eigenvalue weighted by atomic mass is 35.5. The number of carbonyl (C=O) groups excluding carboxylic acids is 1. The Labute approximate surface area is 147 Å². The van der Waals surface area contributed by atoms with Crippen molar-refractivity contribution in [1.29, 1.82) is 0 Å². The highest BCUT2D eigenvalue weighted by Gasteiger charge is 2.30. The predicted molar refractivity (Wildman–Crippen MR) is 86.7 cm³/mol. The maximum absolute atomic E-state index is 12.4. The van der Waals surface area contributed by atoms with E-state index >= 15 is 0 Å². The molecule has 1 atom stereocenters. The zero-order chi connectivity index (χ0) is 18.4. The van der Waals surface area contributed by atoms with Crippen LogP contribution in [-0.2, 0) is 6.18 Å². The number of aliphatic hydroxyl groups is 1. The van der Waals surface area contributed by atoms with Gasteiger partial charge in [0.05, 0.1) is 5.56 Å². The number of rotatable bonds is 6. The van der Waals surface area contributed by atoms with Gasteiger partial charge in [-0.05, 0) is 48.5 Å². The van der Waals surface area contributed by atoms with Crippen LogP contribution in [0.2, 0.25) is 5.02 Å². The summed E-state index contributed by atoms with van der Waals surface area (Å²) in [6, 6.07) is 10.4. The molecule has 0 saturated carbocycles. The van der Waals surface area contributed by atoms with Crippen molar-refractivity contribution in [3.8, 4) is 5.75 Å². The van der Waals surface area contributed by atoms with Gasteiger partial charge in [-0.1, -0.05) is 11.6 Å². The summed E-state index contributed by atoms with van der Waals surface area (Å²) in [6.07, 6.45) is -5.43. The number of halogens is 4. The van der Waals surface area contributed by atoms with E-state index in [1.807, 2.05) is 0 Å². The minimum absolute atomic E-state index is 0.0674. The Hall–Kier alpha value is -2.25. The minimum atomic E-state index is -4.41. The van der Waals surface area contributed by atoms with Gasteiger partial charge in [-0.2, -0.15) is 13.2 Å². The van der Waals surface area contributed by atoms with Gasteiger partial charge in [-0.25, -0.2) is 0 Å². The Morgan fingerprint density at radius 1 is 1.12 bits per heavy atom. The van der Waals surface area contributed by atoms with Crippen LogP contribution in [0.25, 0.3) is 0 Å². The molecule has 0 aromatic heterocycles. The number of amides is 1. The third kappa shape index (κ3) is 5.95. The standard InChI is InChI=1S/C17H15ClF3NO3/c18-13-5-1-11(2-6-13)16(24)22-9-14(23)10-25-15-7-3-12(4-8-15)17(19,20)21/h1-8,14,23H,9-10H2,(H,22,24). The zero-order valence-corrected chi connectivity index (χ0v) is 13.6. The molecular weight excluding hydrogens is 359 g/mol. The molecule has 0 saturated heterocycles. The van der Waals surface area contributed by atoms with E-state index in [9.17, 15) is 23.1 Å². The largest absolute Gasteiger partial charge is 0.491 e. The maximum Gasteiger partial charge on any atom is 0.416 e. The minimum Gasteiger partial charge on any atom is -0.491 e. The predicted octanol–water partition coefficient (Wildman–Crippen LogP) is 3.53. The van der Waals surface area contributed by atoms with E-state index in [0.29, 0.717) is 10.6 Å². The van der Waals surface area contributed by atoms with Crippen LogP contribution >= 0.6 is 11.6 Å². The lowest BCUT2D eigenvalue weighted by molar-refractivity contribution is -0.137. The van der Waals surface area contributed by atoms with Crippen LogP contribution in [0.3, 0.4) is 0 Å². The van der Waals surface area contributed by atoms with Gasteiger partial charge in [0.2, 0.25) is 0 Å². The van der Waals surface area contributed by atoms with Crippen molar-refractivity contribution in [2.75, 3.05) is 13.2 Å². The van der Waals surface area contributed by atoms with Crippen molar-refractivity contribution in [2.24, 2.45) is 0 Å². The molecule has 134 valence electrons. The average Bonchev–Trinajstić information content (AvgIpc) is 2.58. The first-order chi connectivity index (χ1) is 11.8. The second-order valence-electron chi connectivity index (χ2n) is 5.20. The highest BCUT2D eigenvalue weighted by Crippen LogP contribution is 2.30. The molecule has 0 aliphatic carbocycles. The lowest BCUT2D eigenvalue weighted by atomic mass is 10.2. The van der Waals surface area contributed by atoms with Crippen LogP contribution in [0.5, 0.6) is 5.75 Å². The SMILES string of the molecule is O=C(NCC(O)COc1ccc(C(F)(F)F)cc1)c1ccc(Cl)cc1. The molecule has 4 nitrogen and oxygen atoms in total. The number of hydrogen-bond donors (Lipinski definition) is 2. The second-order valence-corrected chi connectivity index (χ2v) is 5.64. The number of nitrogens with one attached hydrogen (secondary N) is 1. The van der Waals surface area contributed by atoms with Crippen LogP contribution in [0.4, 0.5) is 13.2 Å². The lowest BCUT2D eigenvalue weighted by Gasteiger charge is -2.14. The molecule has 8 heteroatoms. The molecule has 0 radical (unpaired) electrons. The molecule has 0 spiro atoms. The van der Waals surface area contributed by atoms with Gasteiger partial charge in [0, 0.05) is 17.1 Å². The fourth-order valence-corrected chi connectivity index (χ4v) is 2.03. The topological polar surface area (TPSA) is 58.6 Å². The number of carbonyl (C=O) groups is 1. The molecule has 0 aliphatic heterocycles. The molecule has 0 aliphatic rings. The van der Waals surface area contributed by atoms with Crippen LogP contribution in [0.15, 0.2) is 48.5 Å². The van der Waals surface area contributed by atoms with Gasteiger partial charge in [0.1, 0.15) is 18.5 Å². The molecule has 0 heterocycles. The van der Waals surface area contributed by atoms with E-state index in [1.54, 1.807) is 24.3 Å². The Kier molecular flexibility index (Phi) is 6.27. The maximum atomic E-state index is 12.4. The number of hydrogen-bond acceptors (Lipinski definition) is 3. The monoisotopic (exact) mass is 373 g/mol. The van der Waals surface area contributed by atoms with Gasteiger partial charge < -0.3 is 15.2 Å². The summed E-state index contributed by atoms with van der Waals surface area (Å²) in [5.41, 5.74) is -0.393. The van der Waals surface area contributed by atoms with Gasteiger partial charge in [0.25, 0.3) is 5.91 Å². The van der Waals surface area contributed by atoms with E-state index < -0.39 is 17.8 Å². The fraction of sp³-hybridized carbons (Fsp3) is 0.235. The number of aliphatic hydroxyl groups excluding tert-OH is 1. The molecule has 2 aromatic carbocycles. The Bertz CT molecular complexity index is 703. The summed E-state index contributed by atoms with van der Waals surface area (Å²) in [5, 5.41) is 12.8. The molecule has 2 aromatic rings. The van der Waals surface area contributed by atoms with Crippen molar-refractivity contribution in [3.05, 3.63) is 64.7 Å². The van der Waals surface area contributed by atoms with E-state index in [4.69, 9.17) is 16.3 Å². The summed E-state index contributed by atoms with van der Waals surface area (Å²) < 4.78 is 42.5. The van der Waals surface area contributed by atoms with Gasteiger partial charge in [-0.15, -0.1) is 0 Å². The van der Waals surface area contributed by atoms with Crippen molar-refractivity contribution < 1.29 is 27.8 Å². The highest BCUT2D eigenvalue weighted by molar-refractivity contribution is 6.30. The third-order valence-corrected chi connectivity index (χ3v) is 3.48. The first-order valence-electron chi connectivity index (χ1n) is 7.27. The quantitative estimate of drug-likeness (QED) is 0.814. The van der Waals surface area contributed by atoms with E-state index in [1.165, 1.54) is 12.1 Å². The summed E-state index contributed by atoms with van der Waals surface area (Å²) >= 11 is 5.73. The van der Waals surface area contributed by atoms with Crippen molar-refractivity contribution >= 4 is 17.5 Å². The summed E-state index contributed by atoms with van der Waals surface area (Å²) in [7, 11) is 0. The molecule has 0 fully saturated rings. The second kappa shape index (κ2) is 8.22. The van der Waals surface area contributed by atoms with E-state index in [-0.39, 0.29) is 24.8 Å². The summed E-state index contributed by atoms with van der Waals surface area (Å²) in [4.78, 5) is 11.9. The van der Waals surface area contributed by atoms with Crippen molar-refractivity contribution in [1.82, 2.24) is 5.32 Å². The van der Waals surface area contributed by atoms with Gasteiger partial charge in [-0.3, -0.25) is 4.79 Å². The molecule has 1 unspecified atom stereocenters. The molecule has 1 amide bonds. The van der Waals surface area contributed by atoms with Crippen LogP contribution in [-0.4, -0.2) is 30.3 Å². The van der Waals surface area contributed by atoms with Crippen molar-refractivity contribution in [2.45, 2.75) is 12.3 Å². The average molecular weight is 374 g/mol. The normalized spacial score (nSPS) is 12.5. The number of benzene rings is 2. The zero-order valence-electron chi connectivity index (χ0n) is 12.9. The smallest absolute Gasteiger partial charge is 0.416 e. The van der Waals surface area contributed by atoms with E-state index in [2.05, 4.69) is 5.32 Å². The molecule has 0 bridgehead atoms. The Morgan fingerprint density at radius 3 is 2.28 bits per heavy atom.